The number of carbonyl (C=O) groups excluding carboxylic acids is 1. The molecule has 1 saturated carbocycles. The average molecular weight is 288 g/mol. The highest BCUT2D eigenvalue weighted by atomic mass is 16.3. The van der Waals surface area contributed by atoms with Crippen LogP contribution < -0.4 is 5.32 Å². The highest BCUT2D eigenvalue weighted by molar-refractivity contribution is 5.86. The monoisotopic (exact) mass is 288 g/mol. The molecular formula is C17H24N2O2. The van der Waals surface area contributed by atoms with E-state index in [-0.39, 0.29) is 5.91 Å². The van der Waals surface area contributed by atoms with Crippen molar-refractivity contribution in [3.05, 3.63) is 35.4 Å². The molecule has 0 spiro atoms. The van der Waals surface area contributed by atoms with Crippen LogP contribution in [0.2, 0.25) is 0 Å². The minimum Gasteiger partial charge on any atom is -0.379 e. The van der Waals surface area contributed by atoms with Crippen molar-refractivity contribution in [3.63, 3.8) is 0 Å². The second kappa shape index (κ2) is 5.78. The second-order valence-electron chi connectivity index (χ2n) is 6.51. The minimum atomic E-state index is -1.22. The second-order valence-corrected chi connectivity index (χ2v) is 6.51. The van der Waals surface area contributed by atoms with Crippen LogP contribution >= 0.6 is 0 Å². The van der Waals surface area contributed by atoms with Gasteiger partial charge in [0.05, 0.1) is 0 Å². The van der Waals surface area contributed by atoms with Gasteiger partial charge in [-0.1, -0.05) is 29.8 Å². The van der Waals surface area contributed by atoms with Crippen molar-refractivity contribution in [1.29, 1.82) is 0 Å². The number of benzene rings is 1. The van der Waals surface area contributed by atoms with Crippen LogP contribution in [0.1, 0.15) is 36.8 Å². The molecule has 1 aromatic carbocycles. The van der Waals surface area contributed by atoms with Crippen LogP contribution in [0.3, 0.4) is 0 Å². The molecule has 4 heteroatoms. The molecule has 2 N–H and O–H groups in total. The summed E-state index contributed by atoms with van der Waals surface area (Å²) in [5.41, 5.74) is 1.11. The van der Waals surface area contributed by atoms with Crippen molar-refractivity contribution in [2.75, 3.05) is 13.1 Å². The Kier molecular flexibility index (Phi) is 4.00. The number of rotatable bonds is 5. The van der Waals surface area contributed by atoms with Crippen molar-refractivity contribution < 1.29 is 9.90 Å². The SMILES string of the molecule is Cc1cccc(CN2CCC[C@](O)(CNC3CC3)C2=O)c1. The summed E-state index contributed by atoms with van der Waals surface area (Å²) in [6.45, 7) is 3.77. The molecule has 4 nitrogen and oxygen atoms in total. The lowest BCUT2D eigenvalue weighted by atomic mass is 9.91. The van der Waals surface area contributed by atoms with Gasteiger partial charge in [-0.15, -0.1) is 0 Å². The van der Waals surface area contributed by atoms with Crippen LogP contribution in [0.5, 0.6) is 0 Å². The maximum absolute atomic E-state index is 12.6. The number of hydrogen-bond donors (Lipinski definition) is 2. The maximum Gasteiger partial charge on any atom is 0.256 e. The van der Waals surface area contributed by atoms with E-state index in [1.165, 1.54) is 5.56 Å². The lowest BCUT2D eigenvalue weighted by Gasteiger charge is -2.38. The molecule has 0 aromatic heterocycles. The van der Waals surface area contributed by atoms with Crippen LogP contribution in [-0.4, -0.2) is 40.6 Å². The van der Waals surface area contributed by atoms with Crippen LogP contribution in [-0.2, 0) is 11.3 Å². The van der Waals surface area contributed by atoms with Gasteiger partial charge < -0.3 is 15.3 Å². The van der Waals surface area contributed by atoms with E-state index in [4.69, 9.17) is 0 Å². The lowest BCUT2D eigenvalue weighted by Crippen LogP contribution is -2.57. The van der Waals surface area contributed by atoms with E-state index >= 15 is 0 Å². The molecule has 1 amide bonds. The summed E-state index contributed by atoms with van der Waals surface area (Å²) in [6, 6.07) is 8.71. The van der Waals surface area contributed by atoms with Gasteiger partial charge in [0, 0.05) is 25.7 Å². The molecule has 1 atom stereocenters. The zero-order chi connectivity index (χ0) is 14.9. The molecule has 0 bridgehead atoms. The summed E-state index contributed by atoms with van der Waals surface area (Å²) in [5.74, 6) is -0.122. The first-order valence-electron chi connectivity index (χ1n) is 7.87. The summed E-state index contributed by atoms with van der Waals surface area (Å²) < 4.78 is 0. The molecule has 2 fully saturated rings. The van der Waals surface area contributed by atoms with Gasteiger partial charge in [-0.05, 0) is 38.2 Å². The van der Waals surface area contributed by atoms with E-state index in [1.54, 1.807) is 4.90 Å². The number of likely N-dealkylation sites (tertiary alicyclic amines) is 1. The largest absolute Gasteiger partial charge is 0.379 e. The first-order chi connectivity index (χ1) is 10.1. The minimum absolute atomic E-state index is 0.122. The third-order valence-corrected chi connectivity index (χ3v) is 4.42. The van der Waals surface area contributed by atoms with Crippen LogP contribution in [0.15, 0.2) is 24.3 Å². The summed E-state index contributed by atoms with van der Waals surface area (Å²) >= 11 is 0. The fraction of sp³-hybridized carbons (Fsp3) is 0.588. The molecule has 1 aromatic rings. The van der Waals surface area contributed by atoms with E-state index in [0.717, 1.165) is 31.4 Å². The van der Waals surface area contributed by atoms with E-state index < -0.39 is 5.60 Å². The van der Waals surface area contributed by atoms with E-state index in [2.05, 4.69) is 24.4 Å². The van der Waals surface area contributed by atoms with Crippen molar-refractivity contribution in [2.45, 2.75) is 50.8 Å². The molecule has 0 unspecified atom stereocenters. The van der Waals surface area contributed by atoms with Crippen LogP contribution in [0.4, 0.5) is 0 Å². The molecule has 21 heavy (non-hydrogen) atoms. The molecule has 3 rings (SSSR count). The first-order valence-corrected chi connectivity index (χ1v) is 7.87. The van der Waals surface area contributed by atoms with Crippen molar-refractivity contribution in [2.24, 2.45) is 0 Å². The number of nitrogens with one attached hydrogen (secondary N) is 1. The van der Waals surface area contributed by atoms with Gasteiger partial charge in [0.1, 0.15) is 0 Å². The quantitative estimate of drug-likeness (QED) is 0.865. The van der Waals surface area contributed by atoms with Gasteiger partial charge in [-0.3, -0.25) is 4.79 Å². The molecule has 2 aliphatic rings. The van der Waals surface area contributed by atoms with Crippen molar-refractivity contribution >= 4 is 5.91 Å². The highest BCUT2D eigenvalue weighted by Crippen LogP contribution is 2.26. The average Bonchev–Trinajstić information content (AvgIpc) is 3.26. The highest BCUT2D eigenvalue weighted by Gasteiger charge is 2.42. The van der Waals surface area contributed by atoms with Gasteiger partial charge in [0.25, 0.3) is 5.91 Å². The van der Waals surface area contributed by atoms with Gasteiger partial charge in [-0.25, -0.2) is 0 Å². The molecule has 1 aliphatic carbocycles. The Hall–Kier alpha value is -1.39. The summed E-state index contributed by atoms with van der Waals surface area (Å²) in [7, 11) is 0. The van der Waals surface area contributed by atoms with Gasteiger partial charge in [0.2, 0.25) is 0 Å². The fourth-order valence-electron chi connectivity index (χ4n) is 3.01. The van der Waals surface area contributed by atoms with E-state index in [9.17, 15) is 9.90 Å². The summed E-state index contributed by atoms with van der Waals surface area (Å²) in [6.07, 6.45) is 3.75. The number of nitrogens with zero attached hydrogens (tertiary/aromatic N) is 1. The Morgan fingerprint density at radius 2 is 2.24 bits per heavy atom. The Morgan fingerprint density at radius 3 is 2.95 bits per heavy atom. The standard InChI is InChI=1S/C17H24N2O2/c1-13-4-2-5-14(10-13)11-19-9-3-8-17(21,16(19)20)12-18-15-6-7-15/h2,4-5,10,15,18,21H,3,6-9,11-12H2,1H3/t17-/m0/s1. The predicted octanol–water partition coefficient (Wildman–Crippen LogP) is 1.60. The zero-order valence-corrected chi connectivity index (χ0v) is 12.6. The number of aryl methyl sites for hydroxylation is 1. The Bertz CT molecular complexity index is 527. The number of hydrogen-bond acceptors (Lipinski definition) is 3. The van der Waals surface area contributed by atoms with Crippen molar-refractivity contribution in [1.82, 2.24) is 10.2 Å². The predicted molar refractivity (Wildman–Crippen MR) is 81.8 cm³/mol. The first kappa shape index (κ1) is 14.5. The van der Waals surface area contributed by atoms with Gasteiger partial charge in [-0.2, -0.15) is 0 Å². The zero-order valence-electron chi connectivity index (χ0n) is 12.6. The number of amides is 1. The normalized spacial score (nSPS) is 26.2. The fourth-order valence-corrected chi connectivity index (χ4v) is 3.01. The molecule has 1 heterocycles. The number of aliphatic hydroxyl groups is 1. The number of carbonyl (C=O) groups is 1. The maximum atomic E-state index is 12.6. The third kappa shape index (κ3) is 3.44. The molecule has 1 aliphatic heterocycles. The van der Waals surface area contributed by atoms with Gasteiger partial charge in [0.15, 0.2) is 5.60 Å². The van der Waals surface area contributed by atoms with Crippen LogP contribution in [0.25, 0.3) is 0 Å². The third-order valence-electron chi connectivity index (χ3n) is 4.42. The lowest BCUT2D eigenvalue weighted by molar-refractivity contribution is -0.157. The van der Waals surface area contributed by atoms with Crippen LogP contribution in [0, 0.1) is 6.92 Å². The summed E-state index contributed by atoms with van der Waals surface area (Å²) in [5, 5.41) is 14.0. The van der Waals surface area contributed by atoms with Crippen molar-refractivity contribution in [3.8, 4) is 0 Å². The topological polar surface area (TPSA) is 52.6 Å². The smallest absolute Gasteiger partial charge is 0.256 e. The Labute approximate surface area is 126 Å². The molecule has 1 saturated heterocycles. The Morgan fingerprint density at radius 1 is 1.43 bits per heavy atom. The van der Waals surface area contributed by atoms with Gasteiger partial charge >= 0.3 is 0 Å². The van der Waals surface area contributed by atoms with E-state index in [0.29, 0.717) is 25.6 Å². The summed E-state index contributed by atoms with van der Waals surface area (Å²) in [4.78, 5) is 14.4. The molecular weight excluding hydrogens is 264 g/mol. The van der Waals surface area contributed by atoms with E-state index in [1.807, 2.05) is 12.1 Å². The number of piperidine rings is 1. The molecule has 114 valence electrons. The Balaban J connectivity index is 1.66. The molecule has 0 radical (unpaired) electrons.